The lowest BCUT2D eigenvalue weighted by Crippen LogP contribution is -2.16. The number of H-pyrrole nitrogens is 1. The van der Waals surface area contributed by atoms with Crippen molar-refractivity contribution in [3.63, 3.8) is 0 Å². The van der Waals surface area contributed by atoms with E-state index >= 15 is 0 Å². The minimum absolute atomic E-state index is 0.156. The van der Waals surface area contributed by atoms with Crippen molar-refractivity contribution in [2.75, 3.05) is 13.7 Å². The van der Waals surface area contributed by atoms with Gasteiger partial charge in [0.15, 0.2) is 12.4 Å². The Morgan fingerprint density at radius 1 is 1.18 bits per heavy atom. The minimum Gasteiger partial charge on any atom is -0.497 e. The van der Waals surface area contributed by atoms with Crippen molar-refractivity contribution in [2.45, 2.75) is 20.8 Å². The van der Waals surface area contributed by atoms with Crippen molar-refractivity contribution in [3.05, 3.63) is 57.9 Å². The molecule has 0 amide bonds. The molecule has 1 N–H and O–H groups in total. The number of esters is 1. The van der Waals surface area contributed by atoms with Crippen molar-refractivity contribution in [1.29, 1.82) is 5.26 Å². The summed E-state index contributed by atoms with van der Waals surface area (Å²) < 4.78 is 10.0. The predicted molar refractivity (Wildman–Crippen MR) is 102 cm³/mol. The number of aromatic nitrogens is 1. The van der Waals surface area contributed by atoms with Crippen LogP contribution in [0.25, 0.3) is 6.08 Å². The van der Waals surface area contributed by atoms with Gasteiger partial charge in [-0.25, -0.2) is 4.79 Å². The molecule has 7 heteroatoms. The Bertz CT molecular complexity index is 991. The number of hydrogen-bond donors (Lipinski definition) is 1. The summed E-state index contributed by atoms with van der Waals surface area (Å²) in [6, 6.07) is 8.53. The normalized spacial score (nSPS) is 10.9. The number of benzene rings is 1. The molecule has 0 aliphatic carbocycles. The minimum atomic E-state index is -0.903. The number of Topliss-reactive ketones (excluding diaryl/α,β-unsaturated/α-hetero) is 2. The number of carbonyl (C=O) groups excluding carboxylic acids is 3. The Morgan fingerprint density at radius 3 is 2.32 bits per heavy atom. The van der Waals surface area contributed by atoms with Gasteiger partial charge < -0.3 is 14.5 Å². The van der Waals surface area contributed by atoms with Gasteiger partial charge in [0, 0.05) is 11.3 Å². The molecule has 0 fully saturated rings. The lowest BCUT2D eigenvalue weighted by atomic mass is 10.1. The first-order chi connectivity index (χ1) is 13.3. The number of nitriles is 1. The molecule has 0 saturated carbocycles. The van der Waals surface area contributed by atoms with Gasteiger partial charge in [-0.15, -0.1) is 0 Å². The van der Waals surface area contributed by atoms with E-state index in [-0.39, 0.29) is 17.1 Å². The second-order valence-corrected chi connectivity index (χ2v) is 6.12. The van der Waals surface area contributed by atoms with E-state index in [9.17, 15) is 19.6 Å². The molecule has 0 unspecified atom stereocenters. The molecule has 0 aliphatic heterocycles. The van der Waals surface area contributed by atoms with Crippen LogP contribution in [0.5, 0.6) is 5.75 Å². The van der Waals surface area contributed by atoms with Crippen LogP contribution in [0.15, 0.2) is 29.8 Å². The zero-order chi connectivity index (χ0) is 20.8. The Kier molecular flexibility index (Phi) is 6.51. The molecule has 1 aromatic carbocycles. The maximum Gasteiger partial charge on any atom is 0.349 e. The van der Waals surface area contributed by atoms with E-state index in [0.717, 1.165) is 0 Å². The summed E-state index contributed by atoms with van der Waals surface area (Å²) in [5.74, 6) is -0.899. The Morgan fingerprint density at radius 2 is 1.82 bits per heavy atom. The van der Waals surface area contributed by atoms with Gasteiger partial charge in [-0.05, 0) is 50.1 Å². The third-order valence-corrected chi connectivity index (χ3v) is 4.17. The lowest BCUT2D eigenvalue weighted by molar-refractivity contribution is -0.137. The van der Waals surface area contributed by atoms with Gasteiger partial charge in [-0.1, -0.05) is 12.1 Å². The van der Waals surface area contributed by atoms with Crippen molar-refractivity contribution in [2.24, 2.45) is 0 Å². The number of ketones is 2. The van der Waals surface area contributed by atoms with Gasteiger partial charge >= 0.3 is 5.97 Å². The predicted octanol–water partition coefficient (Wildman–Crippen LogP) is 3.18. The summed E-state index contributed by atoms with van der Waals surface area (Å²) in [5.41, 5.74) is 2.14. The number of aryl methyl sites for hydroxylation is 1. The topological polar surface area (TPSA) is 109 Å². The SMILES string of the molecule is COc1ccc(C=C(C#N)C(=O)OCC(=O)c2[nH]c(C)c(C(C)=O)c2C)cc1. The van der Waals surface area contributed by atoms with E-state index in [1.54, 1.807) is 44.2 Å². The quantitative estimate of drug-likeness (QED) is 0.342. The van der Waals surface area contributed by atoms with E-state index in [4.69, 9.17) is 9.47 Å². The van der Waals surface area contributed by atoms with Crippen LogP contribution in [0.4, 0.5) is 0 Å². The third-order valence-electron chi connectivity index (χ3n) is 4.17. The van der Waals surface area contributed by atoms with Gasteiger partial charge in [-0.2, -0.15) is 5.26 Å². The Labute approximate surface area is 162 Å². The second kappa shape index (κ2) is 8.82. The monoisotopic (exact) mass is 380 g/mol. The number of nitrogens with zero attached hydrogens (tertiary/aromatic N) is 1. The number of nitrogens with one attached hydrogen (secondary N) is 1. The van der Waals surface area contributed by atoms with Crippen LogP contribution >= 0.6 is 0 Å². The van der Waals surface area contributed by atoms with Crippen LogP contribution in [-0.2, 0) is 9.53 Å². The molecule has 0 spiro atoms. The zero-order valence-electron chi connectivity index (χ0n) is 16.1. The number of aromatic amines is 1. The van der Waals surface area contributed by atoms with Crippen LogP contribution in [-0.4, -0.2) is 36.2 Å². The smallest absolute Gasteiger partial charge is 0.349 e. The molecule has 28 heavy (non-hydrogen) atoms. The van der Waals surface area contributed by atoms with E-state index < -0.39 is 18.4 Å². The molecule has 0 saturated heterocycles. The number of ether oxygens (including phenoxy) is 2. The molecule has 2 rings (SSSR count). The second-order valence-electron chi connectivity index (χ2n) is 6.12. The number of carbonyl (C=O) groups is 3. The highest BCUT2D eigenvalue weighted by atomic mass is 16.5. The highest BCUT2D eigenvalue weighted by molar-refractivity contribution is 6.05. The fourth-order valence-corrected chi connectivity index (χ4v) is 2.84. The number of methoxy groups -OCH3 is 1. The molecule has 2 aromatic rings. The maximum absolute atomic E-state index is 12.4. The first kappa shape index (κ1) is 20.6. The molecule has 0 aliphatic rings. The summed E-state index contributed by atoms with van der Waals surface area (Å²) in [7, 11) is 1.53. The maximum atomic E-state index is 12.4. The average molecular weight is 380 g/mol. The Balaban J connectivity index is 2.10. The van der Waals surface area contributed by atoms with Crippen molar-refractivity contribution in [1.82, 2.24) is 4.98 Å². The first-order valence-corrected chi connectivity index (χ1v) is 8.44. The van der Waals surface area contributed by atoms with Gasteiger partial charge in [0.25, 0.3) is 0 Å². The third kappa shape index (κ3) is 4.54. The summed E-state index contributed by atoms with van der Waals surface area (Å²) in [6.45, 7) is 4.22. The van der Waals surface area contributed by atoms with E-state index in [2.05, 4.69) is 4.98 Å². The summed E-state index contributed by atoms with van der Waals surface area (Å²) >= 11 is 0. The lowest BCUT2D eigenvalue weighted by Gasteiger charge is -2.04. The Hall–Kier alpha value is -3.66. The standard InChI is InChI=1S/C21H20N2O5/c1-12-19(14(3)24)13(2)23-20(12)18(25)11-28-21(26)16(10-22)9-15-5-7-17(27-4)8-6-15/h5-9,23H,11H2,1-4H3. The van der Waals surface area contributed by atoms with E-state index in [0.29, 0.717) is 28.1 Å². The summed E-state index contributed by atoms with van der Waals surface area (Å²) in [4.78, 5) is 39.0. The highest BCUT2D eigenvalue weighted by Gasteiger charge is 2.21. The average Bonchev–Trinajstić information content (AvgIpc) is 2.98. The summed E-state index contributed by atoms with van der Waals surface area (Å²) in [5, 5.41) is 9.21. The first-order valence-electron chi connectivity index (χ1n) is 8.44. The van der Waals surface area contributed by atoms with Gasteiger partial charge in [0.05, 0.1) is 12.8 Å². The van der Waals surface area contributed by atoms with Gasteiger partial charge in [0.2, 0.25) is 5.78 Å². The van der Waals surface area contributed by atoms with Crippen LogP contribution in [0.3, 0.4) is 0 Å². The molecule has 144 valence electrons. The molecule has 0 bridgehead atoms. The van der Waals surface area contributed by atoms with Gasteiger partial charge in [0.1, 0.15) is 17.4 Å². The molecular weight excluding hydrogens is 360 g/mol. The zero-order valence-corrected chi connectivity index (χ0v) is 16.1. The van der Waals surface area contributed by atoms with E-state index in [1.165, 1.54) is 20.1 Å². The molecular formula is C21H20N2O5. The molecule has 7 nitrogen and oxygen atoms in total. The molecule has 1 heterocycles. The molecule has 0 atom stereocenters. The number of rotatable bonds is 7. The van der Waals surface area contributed by atoms with Crippen molar-refractivity contribution in [3.8, 4) is 11.8 Å². The largest absolute Gasteiger partial charge is 0.497 e. The van der Waals surface area contributed by atoms with Crippen molar-refractivity contribution >= 4 is 23.6 Å². The van der Waals surface area contributed by atoms with Crippen LogP contribution in [0.1, 0.15) is 44.6 Å². The number of hydrogen-bond acceptors (Lipinski definition) is 6. The van der Waals surface area contributed by atoms with Crippen LogP contribution < -0.4 is 4.74 Å². The van der Waals surface area contributed by atoms with Gasteiger partial charge in [-0.3, -0.25) is 9.59 Å². The fourth-order valence-electron chi connectivity index (χ4n) is 2.84. The van der Waals surface area contributed by atoms with Crippen molar-refractivity contribution < 1.29 is 23.9 Å². The molecule has 1 aromatic heterocycles. The summed E-state index contributed by atoms with van der Waals surface area (Å²) in [6.07, 6.45) is 1.37. The van der Waals surface area contributed by atoms with Crippen LogP contribution in [0, 0.1) is 25.2 Å². The van der Waals surface area contributed by atoms with E-state index in [1.807, 2.05) is 0 Å². The van der Waals surface area contributed by atoms with Crippen LogP contribution in [0.2, 0.25) is 0 Å². The fraction of sp³-hybridized carbons (Fsp3) is 0.238. The highest BCUT2D eigenvalue weighted by Crippen LogP contribution is 2.19. The molecule has 0 radical (unpaired) electrons.